The SMILES string of the molecule is c1ccc(-n2c3ccccc3c3ccc(-c4ccc(-c5ccc(N(c6ccc(-c7ccc8c9ccccc9n(-c9ccccc9)c8c7)cc6)c6ccc(-n7c8ccccc8c8ccccc87)c7ccccc67)cc5)cc4)cc32)cc1. The Morgan fingerprint density at radius 2 is 0.512 bits per heavy atom. The van der Waals surface area contributed by atoms with E-state index in [2.05, 4.69) is 322 Å². The second-order valence-electron chi connectivity index (χ2n) is 20.9. The van der Waals surface area contributed by atoms with Gasteiger partial charge >= 0.3 is 0 Å². The molecule has 0 spiro atoms. The van der Waals surface area contributed by atoms with E-state index in [0.29, 0.717) is 0 Å². The Bertz CT molecular complexity index is 4970. The topological polar surface area (TPSA) is 18.0 Å². The van der Waals surface area contributed by atoms with Gasteiger partial charge in [-0.15, -0.1) is 0 Å². The molecule has 0 unspecified atom stereocenters. The fourth-order valence-corrected chi connectivity index (χ4v) is 12.7. The van der Waals surface area contributed by atoms with E-state index >= 15 is 0 Å². The monoisotopic (exact) mass is 1020 g/mol. The molecule has 0 fully saturated rings. The van der Waals surface area contributed by atoms with E-state index in [4.69, 9.17) is 0 Å². The van der Waals surface area contributed by atoms with Crippen LogP contribution in [-0.2, 0) is 0 Å². The van der Waals surface area contributed by atoms with Crippen LogP contribution in [0.4, 0.5) is 17.1 Å². The number of hydrogen-bond acceptors (Lipinski definition) is 1. The molecular weight excluding hydrogens is 969 g/mol. The maximum absolute atomic E-state index is 2.44. The van der Waals surface area contributed by atoms with Gasteiger partial charge in [-0.3, -0.25) is 0 Å². The van der Waals surface area contributed by atoms with Gasteiger partial charge in [0.15, 0.2) is 0 Å². The Morgan fingerprint density at radius 3 is 0.938 bits per heavy atom. The molecule has 374 valence electrons. The van der Waals surface area contributed by atoms with E-state index in [1.807, 2.05) is 0 Å². The van der Waals surface area contributed by atoms with E-state index < -0.39 is 0 Å². The Morgan fingerprint density at radius 1 is 0.200 bits per heavy atom. The zero-order chi connectivity index (χ0) is 52.7. The fraction of sp³-hybridized carbons (Fsp3) is 0. The average Bonchev–Trinajstić information content (AvgIpc) is 4.38. The third-order valence-corrected chi connectivity index (χ3v) is 16.5. The molecule has 0 saturated carbocycles. The lowest BCUT2D eigenvalue weighted by atomic mass is 9.98. The molecule has 0 aliphatic carbocycles. The molecule has 80 heavy (non-hydrogen) atoms. The summed E-state index contributed by atoms with van der Waals surface area (Å²) in [6.45, 7) is 0. The molecule has 16 rings (SSSR count). The van der Waals surface area contributed by atoms with E-state index in [1.54, 1.807) is 0 Å². The smallest absolute Gasteiger partial charge is 0.0547 e. The maximum Gasteiger partial charge on any atom is 0.0547 e. The molecule has 0 aliphatic rings. The number of nitrogens with zero attached hydrogens (tertiary/aromatic N) is 4. The molecule has 4 nitrogen and oxygen atoms in total. The number of rotatable bonds is 9. The normalized spacial score (nSPS) is 11.8. The third-order valence-electron chi connectivity index (χ3n) is 16.5. The number of benzene rings is 13. The van der Waals surface area contributed by atoms with Crippen LogP contribution in [0.2, 0.25) is 0 Å². The lowest BCUT2D eigenvalue weighted by Gasteiger charge is -2.28. The van der Waals surface area contributed by atoms with Gasteiger partial charge in [-0.1, -0.05) is 206 Å². The van der Waals surface area contributed by atoms with E-state index in [1.165, 1.54) is 93.1 Å². The molecular formula is C76H50N4. The van der Waals surface area contributed by atoms with Gasteiger partial charge in [0.1, 0.15) is 0 Å². The van der Waals surface area contributed by atoms with Gasteiger partial charge < -0.3 is 18.6 Å². The lowest BCUT2D eigenvalue weighted by molar-refractivity contribution is 1.18. The zero-order valence-electron chi connectivity index (χ0n) is 43.7. The van der Waals surface area contributed by atoms with Crippen molar-refractivity contribution < 1.29 is 0 Å². The van der Waals surface area contributed by atoms with Gasteiger partial charge in [0.2, 0.25) is 0 Å². The fourth-order valence-electron chi connectivity index (χ4n) is 12.7. The predicted octanol–water partition coefficient (Wildman–Crippen LogP) is 20.6. The van der Waals surface area contributed by atoms with Gasteiger partial charge in [-0.05, 0) is 130 Å². The zero-order valence-corrected chi connectivity index (χ0v) is 43.7. The summed E-state index contributed by atoms with van der Waals surface area (Å²) in [7, 11) is 0. The van der Waals surface area contributed by atoms with Crippen molar-refractivity contribution in [2.75, 3.05) is 4.90 Å². The molecule has 0 atom stereocenters. The number of aromatic nitrogens is 3. The van der Waals surface area contributed by atoms with Gasteiger partial charge in [0, 0.05) is 65.8 Å². The molecule has 0 N–H and O–H groups in total. The van der Waals surface area contributed by atoms with Crippen molar-refractivity contribution in [3.05, 3.63) is 303 Å². The van der Waals surface area contributed by atoms with E-state index in [0.717, 1.165) is 50.6 Å². The molecule has 0 amide bonds. The molecule has 0 saturated heterocycles. The van der Waals surface area contributed by atoms with E-state index in [-0.39, 0.29) is 0 Å². The Balaban J connectivity index is 0.795. The van der Waals surface area contributed by atoms with Crippen LogP contribution in [0.15, 0.2) is 303 Å². The molecule has 0 aliphatic heterocycles. The highest BCUT2D eigenvalue weighted by Crippen LogP contribution is 2.45. The summed E-state index contributed by atoms with van der Waals surface area (Å²) in [5.41, 5.74) is 20.9. The minimum absolute atomic E-state index is 1.07. The summed E-state index contributed by atoms with van der Waals surface area (Å²) in [6, 6.07) is 111. The molecule has 16 aromatic rings. The molecule has 0 radical (unpaired) electrons. The first-order valence-electron chi connectivity index (χ1n) is 27.5. The lowest BCUT2D eigenvalue weighted by Crippen LogP contribution is -2.11. The molecule has 4 heteroatoms. The number of hydrogen-bond donors (Lipinski definition) is 0. The summed E-state index contributed by atoms with van der Waals surface area (Å²) in [5.74, 6) is 0. The highest BCUT2D eigenvalue weighted by molar-refractivity contribution is 6.13. The van der Waals surface area contributed by atoms with Crippen LogP contribution in [0.1, 0.15) is 0 Å². The highest BCUT2D eigenvalue weighted by atomic mass is 15.1. The van der Waals surface area contributed by atoms with Gasteiger partial charge in [0.05, 0.1) is 44.5 Å². The summed E-state index contributed by atoms with van der Waals surface area (Å²) >= 11 is 0. The number of anilines is 3. The quantitative estimate of drug-likeness (QED) is 0.141. The molecule has 13 aromatic carbocycles. The van der Waals surface area contributed by atoms with Gasteiger partial charge in [-0.2, -0.15) is 0 Å². The van der Waals surface area contributed by atoms with Gasteiger partial charge in [0.25, 0.3) is 0 Å². The van der Waals surface area contributed by atoms with Crippen molar-refractivity contribution >= 4 is 93.3 Å². The van der Waals surface area contributed by atoms with Crippen molar-refractivity contribution in [2.24, 2.45) is 0 Å². The summed E-state index contributed by atoms with van der Waals surface area (Å²) in [4.78, 5) is 2.43. The predicted molar refractivity (Wildman–Crippen MR) is 338 cm³/mol. The molecule has 3 heterocycles. The van der Waals surface area contributed by atoms with Crippen LogP contribution in [0.3, 0.4) is 0 Å². The van der Waals surface area contributed by atoms with Crippen molar-refractivity contribution in [3.8, 4) is 50.4 Å². The second-order valence-corrected chi connectivity index (χ2v) is 20.9. The van der Waals surface area contributed by atoms with Gasteiger partial charge in [-0.25, -0.2) is 0 Å². The average molecular weight is 1020 g/mol. The van der Waals surface area contributed by atoms with Crippen molar-refractivity contribution in [1.29, 1.82) is 0 Å². The van der Waals surface area contributed by atoms with Crippen molar-refractivity contribution in [3.63, 3.8) is 0 Å². The Labute approximate surface area is 463 Å². The first-order valence-corrected chi connectivity index (χ1v) is 27.5. The van der Waals surface area contributed by atoms with Crippen LogP contribution in [-0.4, -0.2) is 13.7 Å². The molecule has 3 aromatic heterocycles. The van der Waals surface area contributed by atoms with Crippen LogP contribution >= 0.6 is 0 Å². The summed E-state index contributed by atoms with van der Waals surface area (Å²) in [5, 5.41) is 9.85. The Kier molecular flexibility index (Phi) is 10.5. The van der Waals surface area contributed by atoms with Crippen LogP contribution in [0.5, 0.6) is 0 Å². The van der Waals surface area contributed by atoms with E-state index in [9.17, 15) is 0 Å². The molecule has 0 bridgehead atoms. The second kappa shape index (κ2) is 18.5. The number of fused-ring (bicyclic) bond motifs is 10. The largest absolute Gasteiger partial charge is 0.310 e. The standard InChI is InChI=1S/C76H50N4/c1-3-17-57(18-4-1)78-69-27-13-9-25-65(69)67-45-39-55(49-75(67)78)53-33-31-51(32-34-53)52-35-41-59(42-36-52)77(73-47-48-74(64-22-8-7-21-63(64)73)80-71-29-15-11-23-61(71)62-24-12-16-30-72(62)80)60-43-37-54(38-44-60)56-40-46-68-66-26-10-14-28-70(66)79(76(68)50-56)58-19-5-2-6-20-58/h1-50H. The van der Waals surface area contributed by atoms with Crippen molar-refractivity contribution in [1.82, 2.24) is 13.7 Å². The van der Waals surface area contributed by atoms with Crippen LogP contribution < -0.4 is 4.90 Å². The summed E-state index contributed by atoms with van der Waals surface area (Å²) < 4.78 is 7.22. The minimum Gasteiger partial charge on any atom is -0.310 e. The van der Waals surface area contributed by atoms with Crippen molar-refractivity contribution in [2.45, 2.75) is 0 Å². The first-order chi connectivity index (χ1) is 39.7. The Hall–Kier alpha value is -10.7. The maximum atomic E-state index is 2.44. The highest BCUT2D eigenvalue weighted by Gasteiger charge is 2.21. The first kappa shape index (κ1) is 45.5. The summed E-state index contributed by atoms with van der Waals surface area (Å²) in [6.07, 6.45) is 0. The minimum atomic E-state index is 1.07. The van der Waals surface area contributed by atoms with Crippen LogP contribution in [0, 0.1) is 0 Å². The van der Waals surface area contributed by atoms with Crippen LogP contribution in [0.25, 0.3) is 127 Å². The third kappa shape index (κ3) is 7.31. The number of para-hydroxylation sites is 6.